The standard InChI is InChI=1S/C13H11F3N2O3/c14-13(15,16)12(21)7-6-9(11(20)18-12)17-10(19)8-4-2-1-3-5-8/h1-6,21H,7H2,(H,17,19)(H,18,20). The minimum atomic E-state index is -5.01. The minimum Gasteiger partial charge on any atom is -0.363 e. The van der Waals surface area contributed by atoms with Crippen LogP contribution in [-0.2, 0) is 4.79 Å². The van der Waals surface area contributed by atoms with E-state index in [0.29, 0.717) is 0 Å². The van der Waals surface area contributed by atoms with Gasteiger partial charge in [-0.2, -0.15) is 13.2 Å². The summed E-state index contributed by atoms with van der Waals surface area (Å²) in [4.78, 5) is 23.4. The molecule has 0 fully saturated rings. The van der Waals surface area contributed by atoms with Crippen molar-refractivity contribution >= 4 is 11.8 Å². The van der Waals surface area contributed by atoms with E-state index in [0.717, 1.165) is 6.08 Å². The van der Waals surface area contributed by atoms with Crippen LogP contribution in [0.1, 0.15) is 16.8 Å². The number of hydrogen-bond donors (Lipinski definition) is 3. The number of rotatable bonds is 2. The summed E-state index contributed by atoms with van der Waals surface area (Å²) in [6, 6.07) is 7.87. The Labute approximate surface area is 117 Å². The Bertz CT molecular complexity index is 598. The molecule has 1 unspecified atom stereocenters. The van der Waals surface area contributed by atoms with Crippen LogP contribution in [0.25, 0.3) is 0 Å². The van der Waals surface area contributed by atoms with E-state index in [1.165, 1.54) is 17.4 Å². The summed E-state index contributed by atoms with van der Waals surface area (Å²) in [5, 5.41) is 13.0. The van der Waals surface area contributed by atoms with Gasteiger partial charge in [0.05, 0.1) is 0 Å². The second-order valence-electron chi connectivity index (χ2n) is 4.45. The van der Waals surface area contributed by atoms with Crippen molar-refractivity contribution in [2.24, 2.45) is 0 Å². The van der Waals surface area contributed by atoms with Crippen molar-refractivity contribution in [1.29, 1.82) is 0 Å². The fourth-order valence-corrected chi connectivity index (χ4v) is 1.73. The molecule has 0 bridgehead atoms. The summed E-state index contributed by atoms with van der Waals surface area (Å²) in [5.41, 5.74) is -3.40. The van der Waals surface area contributed by atoms with Crippen molar-refractivity contribution in [3.05, 3.63) is 47.7 Å². The minimum absolute atomic E-state index is 0.253. The summed E-state index contributed by atoms with van der Waals surface area (Å²) in [6.07, 6.45) is -5.05. The first kappa shape index (κ1) is 15.0. The van der Waals surface area contributed by atoms with Gasteiger partial charge < -0.3 is 15.7 Å². The summed E-state index contributed by atoms with van der Waals surface area (Å²) in [6.45, 7) is 0. The van der Waals surface area contributed by atoms with Gasteiger partial charge in [0.25, 0.3) is 11.8 Å². The van der Waals surface area contributed by atoms with Crippen LogP contribution in [0.3, 0.4) is 0 Å². The smallest absolute Gasteiger partial charge is 0.363 e. The van der Waals surface area contributed by atoms with E-state index in [1.54, 1.807) is 18.2 Å². The Morgan fingerprint density at radius 3 is 2.43 bits per heavy atom. The molecule has 21 heavy (non-hydrogen) atoms. The summed E-state index contributed by atoms with van der Waals surface area (Å²) < 4.78 is 37.7. The van der Waals surface area contributed by atoms with Crippen LogP contribution in [0.4, 0.5) is 13.2 Å². The van der Waals surface area contributed by atoms with Gasteiger partial charge in [-0.05, 0) is 12.1 Å². The molecule has 1 aromatic rings. The van der Waals surface area contributed by atoms with Crippen molar-refractivity contribution in [3.8, 4) is 0 Å². The van der Waals surface area contributed by atoms with E-state index >= 15 is 0 Å². The largest absolute Gasteiger partial charge is 0.436 e. The highest BCUT2D eigenvalue weighted by Gasteiger charge is 2.56. The van der Waals surface area contributed by atoms with E-state index in [4.69, 9.17) is 0 Å². The van der Waals surface area contributed by atoms with Gasteiger partial charge in [-0.25, -0.2) is 0 Å². The maximum Gasteiger partial charge on any atom is 0.436 e. The molecular weight excluding hydrogens is 289 g/mol. The van der Waals surface area contributed by atoms with Gasteiger partial charge in [0.15, 0.2) is 0 Å². The zero-order chi connectivity index (χ0) is 15.7. The lowest BCUT2D eigenvalue weighted by atomic mass is 10.0. The molecule has 0 radical (unpaired) electrons. The van der Waals surface area contributed by atoms with Crippen molar-refractivity contribution in [2.75, 3.05) is 0 Å². The van der Waals surface area contributed by atoms with Crippen LogP contribution in [-0.4, -0.2) is 28.8 Å². The third-order valence-electron chi connectivity index (χ3n) is 2.92. The maximum atomic E-state index is 12.6. The van der Waals surface area contributed by atoms with Crippen molar-refractivity contribution in [2.45, 2.75) is 18.3 Å². The number of benzene rings is 1. The van der Waals surface area contributed by atoms with Gasteiger partial charge >= 0.3 is 6.18 Å². The molecular formula is C13H11F3N2O3. The van der Waals surface area contributed by atoms with E-state index in [9.17, 15) is 27.9 Å². The van der Waals surface area contributed by atoms with Gasteiger partial charge in [-0.15, -0.1) is 0 Å². The Balaban J connectivity index is 2.13. The number of carbonyl (C=O) groups excluding carboxylic acids is 2. The molecule has 1 aromatic carbocycles. The Hall–Kier alpha value is -2.35. The second kappa shape index (κ2) is 5.21. The molecule has 1 heterocycles. The lowest BCUT2D eigenvalue weighted by Gasteiger charge is -2.33. The van der Waals surface area contributed by atoms with Crippen molar-refractivity contribution < 1.29 is 27.9 Å². The van der Waals surface area contributed by atoms with Crippen molar-refractivity contribution in [3.63, 3.8) is 0 Å². The molecule has 3 N–H and O–H groups in total. The molecule has 1 atom stereocenters. The third-order valence-corrected chi connectivity index (χ3v) is 2.92. The van der Waals surface area contributed by atoms with Gasteiger partial charge in [-0.1, -0.05) is 24.3 Å². The number of hydrogen-bond acceptors (Lipinski definition) is 3. The highest BCUT2D eigenvalue weighted by atomic mass is 19.4. The average Bonchev–Trinajstić information content (AvgIpc) is 2.42. The summed E-state index contributed by atoms with van der Waals surface area (Å²) in [7, 11) is 0. The van der Waals surface area contributed by atoms with Gasteiger partial charge in [-0.3, -0.25) is 9.59 Å². The number of alkyl halides is 3. The molecule has 0 aliphatic carbocycles. The Kier molecular flexibility index (Phi) is 3.73. The summed E-state index contributed by atoms with van der Waals surface area (Å²) in [5.74, 6) is -1.83. The van der Waals surface area contributed by atoms with Crippen LogP contribution >= 0.6 is 0 Å². The molecule has 112 valence electrons. The van der Waals surface area contributed by atoms with E-state index in [-0.39, 0.29) is 11.3 Å². The zero-order valence-corrected chi connectivity index (χ0v) is 10.6. The molecule has 0 spiro atoms. The number of amides is 2. The van der Waals surface area contributed by atoms with E-state index in [2.05, 4.69) is 5.32 Å². The molecule has 2 rings (SSSR count). The predicted molar refractivity (Wildman–Crippen MR) is 65.8 cm³/mol. The third kappa shape index (κ3) is 3.05. The lowest BCUT2D eigenvalue weighted by molar-refractivity contribution is -0.270. The normalized spacial score (nSPS) is 22.3. The first-order valence-electron chi connectivity index (χ1n) is 5.91. The van der Waals surface area contributed by atoms with Crippen LogP contribution in [0.2, 0.25) is 0 Å². The maximum absolute atomic E-state index is 12.6. The molecule has 0 saturated carbocycles. The quantitative estimate of drug-likeness (QED) is 0.764. The van der Waals surface area contributed by atoms with Crippen LogP contribution in [0.15, 0.2) is 42.1 Å². The lowest BCUT2D eigenvalue weighted by Crippen LogP contribution is -2.61. The highest BCUT2D eigenvalue weighted by molar-refractivity contribution is 6.03. The Morgan fingerprint density at radius 1 is 1.29 bits per heavy atom. The summed E-state index contributed by atoms with van der Waals surface area (Å²) >= 11 is 0. The SMILES string of the molecule is O=C1NC(O)(C(F)(F)F)CC=C1NC(=O)c1ccccc1. The molecule has 8 heteroatoms. The van der Waals surface area contributed by atoms with E-state index < -0.39 is 30.1 Å². The predicted octanol–water partition coefficient (Wildman–Crippen LogP) is 1.07. The van der Waals surface area contributed by atoms with Gasteiger partial charge in [0, 0.05) is 12.0 Å². The molecule has 5 nitrogen and oxygen atoms in total. The number of nitrogens with one attached hydrogen (secondary N) is 2. The molecule has 1 aliphatic rings. The van der Waals surface area contributed by atoms with Gasteiger partial charge in [0.2, 0.25) is 5.72 Å². The number of aliphatic hydroxyl groups is 1. The fourth-order valence-electron chi connectivity index (χ4n) is 1.73. The molecule has 0 aromatic heterocycles. The molecule has 0 saturated heterocycles. The monoisotopic (exact) mass is 300 g/mol. The fraction of sp³-hybridized carbons (Fsp3) is 0.231. The number of halogens is 3. The highest BCUT2D eigenvalue weighted by Crippen LogP contribution is 2.33. The average molecular weight is 300 g/mol. The zero-order valence-electron chi connectivity index (χ0n) is 10.6. The van der Waals surface area contributed by atoms with E-state index in [1.807, 2.05) is 0 Å². The molecule has 1 aliphatic heterocycles. The topological polar surface area (TPSA) is 78.4 Å². The first-order valence-corrected chi connectivity index (χ1v) is 5.91. The second-order valence-corrected chi connectivity index (χ2v) is 4.45. The first-order chi connectivity index (χ1) is 9.73. The number of carbonyl (C=O) groups is 2. The van der Waals surface area contributed by atoms with Crippen LogP contribution in [0, 0.1) is 0 Å². The van der Waals surface area contributed by atoms with Crippen LogP contribution in [0.5, 0.6) is 0 Å². The van der Waals surface area contributed by atoms with Crippen LogP contribution < -0.4 is 10.6 Å². The van der Waals surface area contributed by atoms with Crippen molar-refractivity contribution in [1.82, 2.24) is 10.6 Å². The molecule has 2 amide bonds. The van der Waals surface area contributed by atoms with Gasteiger partial charge in [0.1, 0.15) is 5.70 Å². The Morgan fingerprint density at radius 2 is 1.90 bits per heavy atom.